The van der Waals surface area contributed by atoms with Crippen LogP contribution in [-0.2, 0) is 12.7 Å². The van der Waals surface area contributed by atoms with Gasteiger partial charge in [-0.05, 0) is 79.8 Å². The second-order valence-corrected chi connectivity index (χ2v) is 11.3. The third kappa shape index (κ3) is 6.88. The maximum atomic E-state index is 13.9. The Labute approximate surface area is 224 Å². The van der Waals surface area contributed by atoms with Crippen LogP contribution in [0.4, 0.5) is 17.6 Å². The largest absolute Gasteiger partial charge is 0.416 e. The van der Waals surface area contributed by atoms with Crippen molar-refractivity contribution in [2.24, 2.45) is 17.3 Å². The highest BCUT2D eigenvalue weighted by atomic mass is 19.4. The number of nitrogens with zero attached hydrogens (tertiary/aromatic N) is 1. The Kier molecular flexibility index (Phi) is 9.02. The van der Waals surface area contributed by atoms with E-state index in [0.717, 1.165) is 69.4 Å². The second-order valence-electron chi connectivity index (χ2n) is 11.3. The van der Waals surface area contributed by atoms with Gasteiger partial charge in [-0.15, -0.1) is 0 Å². The summed E-state index contributed by atoms with van der Waals surface area (Å²) in [5.74, 6) is 0.266. The Morgan fingerprint density at radius 3 is 2.61 bits per heavy atom. The van der Waals surface area contributed by atoms with Crippen LogP contribution in [0, 0.1) is 23.1 Å². The first-order chi connectivity index (χ1) is 18.1. The molecule has 1 aliphatic heterocycles. The maximum absolute atomic E-state index is 13.9. The van der Waals surface area contributed by atoms with Crippen molar-refractivity contribution in [2.45, 2.75) is 71.1 Å². The SMILES string of the molecule is C=C(NCc1cc(F)cc(C(F)(F)F)c1)C1(CCC)CCC(N2CCC(/C=C\c3ccccc3)C(C)C2)C1. The number of benzene rings is 2. The molecule has 2 aromatic carbocycles. The molecule has 2 fully saturated rings. The van der Waals surface area contributed by atoms with E-state index < -0.39 is 17.6 Å². The topological polar surface area (TPSA) is 15.3 Å². The fraction of sp³-hybridized carbons (Fsp3) is 0.500. The van der Waals surface area contributed by atoms with Gasteiger partial charge in [0.05, 0.1) is 5.56 Å². The number of nitrogens with one attached hydrogen (secondary N) is 1. The quantitative estimate of drug-likeness (QED) is 0.329. The average Bonchev–Trinajstić information content (AvgIpc) is 3.32. The summed E-state index contributed by atoms with van der Waals surface area (Å²) in [6.45, 7) is 11.1. The second kappa shape index (κ2) is 12.1. The van der Waals surface area contributed by atoms with Gasteiger partial charge >= 0.3 is 6.18 Å². The third-order valence-electron chi connectivity index (χ3n) is 8.60. The molecule has 1 N–H and O–H groups in total. The number of hydrogen-bond donors (Lipinski definition) is 1. The number of alkyl halides is 3. The predicted molar refractivity (Wildman–Crippen MR) is 147 cm³/mol. The lowest BCUT2D eigenvalue weighted by atomic mass is 9.78. The Hall–Kier alpha value is -2.60. The van der Waals surface area contributed by atoms with E-state index in [1.165, 1.54) is 5.56 Å². The van der Waals surface area contributed by atoms with Crippen molar-refractivity contribution in [3.8, 4) is 0 Å². The fourth-order valence-electron chi connectivity index (χ4n) is 6.47. The summed E-state index contributed by atoms with van der Waals surface area (Å²) in [6.07, 6.45) is 6.28. The summed E-state index contributed by atoms with van der Waals surface area (Å²) < 4.78 is 53.3. The van der Waals surface area contributed by atoms with Crippen molar-refractivity contribution >= 4 is 6.08 Å². The monoisotopic (exact) mass is 528 g/mol. The molecule has 0 spiro atoms. The summed E-state index contributed by atoms with van der Waals surface area (Å²) >= 11 is 0. The van der Waals surface area contributed by atoms with Crippen LogP contribution < -0.4 is 5.32 Å². The number of hydrogen-bond acceptors (Lipinski definition) is 2. The number of halogens is 4. The molecule has 2 aliphatic rings. The van der Waals surface area contributed by atoms with Gasteiger partial charge in [0.1, 0.15) is 5.82 Å². The molecule has 1 saturated heterocycles. The first-order valence-electron chi connectivity index (χ1n) is 13.9. The fourth-order valence-corrected chi connectivity index (χ4v) is 6.47. The van der Waals surface area contributed by atoms with Crippen LogP contribution in [0.25, 0.3) is 6.08 Å². The molecule has 4 atom stereocenters. The van der Waals surface area contributed by atoms with E-state index in [0.29, 0.717) is 23.9 Å². The molecule has 2 aromatic rings. The predicted octanol–water partition coefficient (Wildman–Crippen LogP) is 8.46. The van der Waals surface area contributed by atoms with Gasteiger partial charge in [-0.2, -0.15) is 13.2 Å². The van der Waals surface area contributed by atoms with Crippen molar-refractivity contribution in [1.82, 2.24) is 10.2 Å². The zero-order valence-corrected chi connectivity index (χ0v) is 22.5. The van der Waals surface area contributed by atoms with Crippen LogP contribution in [-0.4, -0.2) is 24.0 Å². The molecule has 4 rings (SSSR count). The van der Waals surface area contributed by atoms with E-state index in [1.54, 1.807) is 0 Å². The van der Waals surface area contributed by atoms with Crippen LogP contribution in [0.5, 0.6) is 0 Å². The highest BCUT2D eigenvalue weighted by molar-refractivity contribution is 5.49. The van der Waals surface area contributed by atoms with Crippen LogP contribution in [0.15, 0.2) is 66.9 Å². The Morgan fingerprint density at radius 1 is 1.16 bits per heavy atom. The molecule has 0 radical (unpaired) electrons. The summed E-state index contributed by atoms with van der Waals surface area (Å²) in [5, 5.41) is 3.29. The minimum atomic E-state index is -4.57. The van der Waals surface area contributed by atoms with Gasteiger partial charge in [0.15, 0.2) is 0 Å². The van der Waals surface area contributed by atoms with Gasteiger partial charge < -0.3 is 10.2 Å². The first kappa shape index (κ1) is 28.4. The Bertz CT molecular complexity index is 1110. The van der Waals surface area contributed by atoms with Gasteiger partial charge in [0.2, 0.25) is 0 Å². The molecule has 1 saturated carbocycles. The minimum absolute atomic E-state index is 0.0904. The van der Waals surface area contributed by atoms with Gasteiger partial charge in [-0.3, -0.25) is 0 Å². The molecule has 1 heterocycles. The van der Waals surface area contributed by atoms with Crippen LogP contribution in [0.3, 0.4) is 0 Å². The van der Waals surface area contributed by atoms with E-state index in [2.05, 4.69) is 67.1 Å². The van der Waals surface area contributed by atoms with E-state index in [1.807, 2.05) is 6.07 Å². The molecule has 4 unspecified atom stereocenters. The third-order valence-corrected chi connectivity index (χ3v) is 8.60. The zero-order valence-electron chi connectivity index (χ0n) is 22.5. The molecule has 206 valence electrons. The highest BCUT2D eigenvalue weighted by Crippen LogP contribution is 2.48. The molecule has 0 bridgehead atoms. The zero-order chi connectivity index (χ0) is 27.3. The summed E-state index contributed by atoms with van der Waals surface area (Å²) in [6, 6.07) is 13.6. The first-order valence-corrected chi connectivity index (χ1v) is 13.9. The number of allylic oxidation sites excluding steroid dienone is 2. The lowest BCUT2D eigenvalue weighted by Crippen LogP contribution is -2.44. The van der Waals surface area contributed by atoms with Gasteiger partial charge in [-0.1, -0.05) is 69.3 Å². The molecule has 0 aromatic heterocycles. The minimum Gasteiger partial charge on any atom is -0.384 e. The van der Waals surface area contributed by atoms with Crippen molar-refractivity contribution < 1.29 is 17.6 Å². The lowest BCUT2D eigenvalue weighted by molar-refractivity contribution is -0.137. The lowest BCUT2D eigenvalue weighted by Gasteiger charge is -2.40. The number of likely N-dealkylation sites (tertiary alicyclic amines) is 1. The average molecular weight is 529 g/mol. The standard InChI is InChI=1S/C32H40F4N2/c1-4-14-31(24(3)37-21-26-17-28(32(34,35)36)19-29(33)18-26)15-12-30(20-31)38-16-13-27(23(2)22-38)11-10-25-8-6-5-7-9-25/h5-11,17-19,23,27,30,37H,3-4,12-16,20-22H2,1-2H3/b11-10-. The summed E-state index contributed by atoms with van der Waals surface area (Å²) in [7, 11) is 0. The molecule has 1 aliphatic carbocycles. The van der Waals surface area contributed by atoms with E-state index >= 15 is 0 Å². The summed E-state index contributed by atoms with van der Waals surface area (Å²) in [4.78, 5) is 2.64. The molecular weight excluding hydrogens is 488 g/mol. The van der Waals surface area contributed by atoms with E-state index in [4.69, 9.17) is 0 Å². The normalized spacial score (nSPS) is 26.6. The summed E-state index contributed by atoms with van der Waals surface area (Å²) in [5.41, 5.74) is 1.33. The molecule has 38 heavy (non-hydrogen) atoms. The van der Waals surface area contributed by atoms with Crippen molar-refractivity contribution in [2.75, 3.05) is 13.1 Å². The van der Waals surface area contributed by atoms with Gasteiger partial charge in [0.25, 0.3) is 0 Å². The molecule has 6 heteroatoms. The van der Waals surface area contributed by atoms with Crippen molar-refractivity contribution in [1.29, 1.82) is 0 Å². The molecule has 0 amide bonds. The smallest absolute Gasteiger partial charge is 0.384 e. The van der Waals surface area contributed by atoms with Crippen LogP contribution in [0.1, 0.15) is 69.1 Å². The van der Waals surface area contributed by atoms with Crippen LogP contribution >= 0.6 is 0 Å². The number of rotatable bonds is 9. The maximum Gasteiger partial charge on any atom is 0.416 e. The van der Waals surface area contributed by atoms with Crippen molar-refractivity contribution in [3.63, 3.8) is 0 Å². The van der Waals surface area contributed by atoms with Gasteiger partial charge in [-0.25, -0.2) is 4.39 Å². The van der Waals surface area contributed by atoms with Crippen LogP contribution in [0.2, 0.25) is 0 Å². The molecule has 2 nitrogen and oxygen atoms in total. The van der Waals surface area contributed by atoms with E-state index in [9.17, 15) is 17.6 Å². The Balaban J connectivity index is 1.36. The Morgan fingerprint density at radius 2 is 1.92 bits per heavy atom. The van der Waals surface area contributed by atoms with Gasteiger partial charge in [0, 0.05) is 30.2 Å². The number of piperidine rings is 1. The van der Waals surface area contributed by atoms with E-state index in [-0.39, 0.29) is 17.5 Å². The van der Waals surface area contributed by atoms with Crippen molar-refractivity contribution in [3.05, 3.63) is 89.4 Å². The highest BCUT2D eigenvalue weighted by Gasteiger charge is 2.43. The molecular formula is C32H40F4N2.